The zero-order valence-corrected chi connectivity index (χ0v) is 35.6. The predicted octanol–water partition coefficient (Wildman–Crippen LogP) is 3.40. The van der Waals surface area contributed by atoms with Crippen LogP contribution in [0.3, 0.4) is 0 Å². The first-order valence-corrected chi connectivity index (χ1v) is 20.0. The van der Waals surface area contributed by atoms with Crippen molar-refractivity contribution in [3.8, 4) is 0 Å². The monoisotopic (exact) mass is 842 g/mol. The summed E-state index contributed by atoms with van der Waals surface area (Å²) in [5.41, 5.74) is 4.54. The molecule has 0 aliphatic heterocycles. The van der Waals surface area contributed by atoms with Crippen molar-refractivity contribution in [3.63, 3.8) is 0 Å². The van der Waals surface area contributed by atoms with Crippen molar-refractivity contribution >= 4 is 59.1 Å². The van der Waals surface area contributed by atoms with E-state index in [4.69, 9.17) is 18.9 Å². The standard InChI is InChI=1S/C43H58N10O8/c1-44-43(57)38(14-10-20-54)52(5)37-13-8-11-33(41(37)50(2)3)16-21-58-23-25-60-27-28-61-26-24-59-22-18-45-36-29-39(49-53-35(32-56)30-47-42(36)53)48-34(31-55)12-9-19-51(4)40-15-6-7-17-46-40/h6-9,11-13,15,17,19-20,29-32,38,45H,10,14,16,18,21-28H2,1-5H3,(H,44,57)(H,48,49)/b19-9-,34-12+. The summed E-state index contributed by atoms with van der Waals surface area (Å²) in [7, 11) is 9.27. The molecule has 0 spiro atoms. The van der Waals surface area contributed by atoms with E-state index in [1.165, 1.54) is 10.7 Å². The number of amides is 1. The number of carbonyl (C=O) groups excluding carboxylic acids is 4. The Balaban J connectivity index is 1.12. The molecule has 0 bridgehead atoms. The van der Waals surface area contributed by atoms with Crippen molar-refractivity contribution in [1.29, 1.82) is 0 Å². The molecule has 18 heteroatoms. The summed E-state index contributed by atoms with van der Waals surface area (Å²) in [5.74, 6) is 0.941. The Kier molecular flexibility index (Phi) is 20.3. The third kappa shape index (κ3) is 14.8. The third-order valence-corrected chi connectivity index (χ3v) is 9.30. The van der Waals surface area contributed by atoms with Crippen LogP contribution < -0.4 is 30.7 Å². The van der Waals surface area contributed by atoms with Gasteiger partial charge < -0.3 is 54.4 Å². The lowest BCUT2D eigenvalue weighted by atomic mass is 10.0. The number of allylic oxidation sites excluding steroid dienone is 3. The van der Waals surface area contributed by atoms with Crippen LogP contribution in [0.15, 0.2) is 78.9 Å². The number of aldehydes is 3. The van der Waals surface area contributed by atoms with E-state index in [-0.39, 0.29) is 17.3 Å². The van der Waals surface area contributed by atoms with E-state index < -0.39 is 6.04 Å². The molecule has 4 aromatic rings. The number of hydrogen-bond acceptors (Lipinski definition) is 16. The second-order valence-corrected chi connectivity index (χ2v) is 13.8. The van der Waals surface area contributed by atoms with Gasteiger partial charge in [0.25, 0.3) is 0 Å². The number of para-hydroxylation sites is 1. The SMILES string of the molecule is CNC(=O)C(CCC=O)N(C)c1cccc(CCOCCOCCOCCOCCNc2cc(N/C(C=O)=C/C=C\N(C)c3ccccn3)nn3c(C=O)cnc23)c1N(C)C. The molecule has 3 N–H and O–H groups in total. The molecule has 18 nitrogen and oxygen atoms in total. The van der Waals surface area contributed by atoms with Crippen molar-refractivity contribution in [3.05, 3.63) is 90.2 Å². The molecule has 61 heavy (non-hydrogen) atoms. The van der Waals surface area contributed by atoms with Gasteiger partial charge in [-0.15, -0.1) is 5.10 Å². The zero-order valence-electron chi connectivity index (χ0n) is 35.6. The summed E-state index contributed by atoms with van der Waals surface area (Å²) in [4.78, 5) is 61.6. The smallest absolute Gasteiger partial charge is 0.242 e. The van der Waals surface area contributed by atoms with E-state index in [1.807, 2.05) is 73.2 Å². The molecule has 328 valence electrons. The summed E-state index contributed by atoms with van der Waals surface area (Å²) < 4.78 is 24.3. The zero-order chi connectivity index (χ0) is 43.8. The lowest BCUT2D eigenvalue weighted by Crippen LogP contribution is -2.44. The molecule has 0 radical (unpaired) electrons. The van der Waals surface area contributed by atoms with Crippen molar-refractivity contribution in [2.45, 2.75) is 25.3 Å². The number of rotatable bonds is 30. The maximum Gasteiger partial charge on any atom is 0.242 e. The highest BCUT2D eigenvalue weighted by molar-refractivity contribution is 5.87. The molecular formula is C43H58N10O8. The summed E-state index contributed by atoms with van der Waals surface area (Å²) in [6, 6.07) is 12.8. The van der Waals surface area contributed by atoms with E-state index in [9.17, 15) is 19.2 Å². The molecule has 1 unspecified atom stereocenters. The van der Waals surface area contributed by atoms with Crippen LogP contribution in [0.4, 0.5) is 28.7 Å². The highest BCUT2D eigenvalue weighted by Crippen LogP contribution is 2.33. The van der Waals surface area contributed by atoms with E-state index >= 15 is 0 Å². The number of ether oxygens (including phenoxy) is 4. The number of benzene rings is 1. The van der Waals surface area contributed by atoms with Crippen molar-refractivity contribution < 1.29 is 38.1 Å². The summed E-state index contributed by atoms with van der Waals surface area (Å²) in [6.45, 7) is 3.78. The Morgan fingerprint density at radius 2 is 1.61 bits per heavy atom. The number of nitrogens with zero attached hydrogens (tertiary/aromatic N) is 7. The molecule has 3 aromatic heterocycles. The Morgan fingerprint density at radius 3 is 2.25 bits per heavy atom. The summed E-state index contributed by atoms with van der Waals surface area (Å²) in [6.07, 6.45) is 11.8. The van der Waals surface area contributed by atoms with Crippen LogP contribution in [-0.4, -0.2) is 145 Å². The van der Waals surface area contributed by atoms with Crippen LogP contribution >= 0.6 is 0 Å². The number of imidazole rings is 1. The first-order valence-electron chi connectivity index (χ1n) is 20.0. The largest absolute Gasteiger partial charge is 0.380 e. The Hall–Kier alpha value is -6.21. The molecule has 0 saturated carbocycles. The molecule has 0 aliphatic carbocycles. The molecule has 4 rings (SSSR count). The van der Waals surface area contributed by atoms with Crippen LogP contribution in [0.25, 0.3) is 5.65 Å². The lowest BCUT2D eigenvalue weighted by molar-refractivity contribution is -0.122. The molecule has 1 aromatic carbocycles. The first kappa shape index (κ1) is 47.5. The predicted molar refractivity (Wildman–Crippen MR) is 236 cm³/mol. The van der Waals surface area contributed by atoms with E-state index in [0.717, 1.165) is 29.0 Å². The van der Waals surface area contributed by atoms with Gasteiger partial charge in [-0.25, -0.2) is 14.5 Å². The highest BCUT2D eigenvalue weighted by Gasteiger charge is 2.25. The van der Waals surface area contributed by atoms with Crippen molar-refractivity contribution in [2.24, 2.45) is 0 Å². The fraction of sp³-hybridized carbons (Fsp3) is 0.419. The minimum atomic E-state index is -0.474. The van der Waals surface area contributed by atoms with Crippen LogP contribution in [0.5, 0.6) is 0 Å². The van der Waals surface area contributed by atoms with E-state index in [0.29, 0.717) is 108 Å². The van der Waals surface area contributed by atoms with Gasteiger partial charge in [-0.3, -0.25) is 14.4 Å². The number of fused-ring (bicyclic) bond motifs is 1. The fourth-order valence-corrected chi connectivity index (χ4v) is 6.27. The van der Waals surface area contributed by atoms with Gasteiger partial charge in [-0.1, -0.05) is 18.2 Å². The molecule has 0 saturated heterocycles. The molecule has 0 fully saturated rings. The van der Waals surface area contributed by atoms with Gasteiger partial charge in [0.2, 0.25) is 5.91 Å². The minimum Gasteiger partial charge on any atom is -0.380 e. The number of nitrogens with one attached hydrogen (secondary N) is 3. The van der Waals surface area contributed by atoms with Crippen LogP contribution in [-0.2, 0) is 39.8 Å². The van der Waals surface area contributed by atoms with Gasteiger partial charge in [0, 0.05) is 66.7 Å². The summed E-state index contributed by atoms with van der Waals surface area (Å²) >= 11 is 0. The third-order valence-electron chi connectivity index (χ3n) is 9.30. The van der Waals surface area contributed by atoms with Crippen molar-refractivity contribution in [2.75, 3.05) is 120 Å². The number of hydrogen-bond donors (Lipinski definition) is 3. The molecule has 3 heterocycles. The fourth-order valence-electron chi connectivity index (χ4n) is 6.27. The Morgan fingerprint density at radius 1 is 0.885 bits per heavy atom. The van der Waals surface area contributed by atoms with Gasteiger partial charge in [0.15, 0.2) is 24.0 Å². The minimum absolute atomic E-state index is 0.137. The molecule has 1 atom stereocenters. The first-order chi connectivity index (χ1) is 29.7. The highest BCUT2D eigenvalue weighted by atomic mass is 16.6. The lowest BCUT2D eigenvalue weighted by Gasteiger charge is -2.33. The van der Waals surface area contributed by atoms with Crippen LogP contribution in [0.2, 0.25) is 0 Å². The number of aromatic nitrogens is 4. The quantitative estimate of drug-likeness (QED) is 0.0299. The molecule has 1 amide bonds. The van der Waals surface area contributed by atoms with Gasteiger partial charge in [-0.05, 0) is 48.8 Å². The van der Waals surface area contributed by atoms with Gasteiger partial charge in [0.05, 0.1) is 81.8 Å². The van der Waals surface area contributed by atoms with E-state index in [1.54, 1.807) is 37.7 Å². The van der Waals surface area contributed by atoms with E-state index in [2.05, 4.69) is 37.1 Å². The summed E-state index contributed by atoms with van der Waals surface area (Å²) in [5, 5.41) is 13.4. The number of likely N-dealkylation sites (N-methyl/N-ethyl adjacent to an activating group) is 2. The second-order valence-electron chi connectivity index (χ2n) is 13.8. The average molecular weight is 843 g/mol. The topological polar surface area (TPSA) is 194 Å². The maximum absolute atomic E-state index is 12.6. The second kappa shape index (κ2) is 26.1. The van der Waals surface area contributed by atoms with Gasteiger partial charge in [0.1, 0.15) is 23.8 Å². The van der Waals surface area contributed by atoms with Gasteiger partial charge in [-0.2, -0.15) is 0 Å². The van der Waals surface area contributed by atoms with Crippen molar-refractivity contribution in [1.82, 2.24) is 24.9 Å². The molecular weight excluding hydrogens is 785 g/mol. The van der Waals surface area contributed by atoms with Gasteiger partial charge >= 0.3 is 0 Å². The number of anilines is 5. The average Bonchev–Trinajstić information content (AvgIpc) is 3.70. The maximum atomic E-state index is 12.6. The number of pyridine rings is 1. The number of carbonyl (C=O) groups is 4. The Bertz CT molecular complexity index is 2040. The molecule has 0 aliphatic rings. The Labute approximate surface area is 356 Å². The van der Waals surface area contributed by atoms with Crippen LogP contribution in [0.1, 0.15) is 28.9 Å². The normalized spacial score (nSPS) is 12.0. The van der Waals surface area contributed by atoms with Crippen LogP contribution in [0, 0.1) is 0 Å².